The van der Waals surface area contributed by atoms with Crippen LogP contribution >= 0.6 is 0 Å². The van der Waals surface area contributed by atoms with Crippen molar-refractivity contribution in [2.45, 2.75) is 71.2 Å². The van der Waals surface area contributed by atoms with Crippen molar-refractivity contribution >= 4 is 28.0 Å². The lowest BCUT2D eigenvalue weighted by atomic mass is 9.97. The maximum absolute atomic E-state index is 13.6. The lowest BCUT2D eigenvalue weighted by molar-refractivity contribution is -0.157. The largest absolute Gasteiger partial charge is 0.460 e. The number of hydrogen-bond donors (Lipinski definition) is 2. The predicted octanol–water partition coefficient (Wildman–Crippen LogP) is 3.66. The maximum atomic E-state index is 13.6. The Morgan fingerprint density at radius 1 is 1.16 bits per heavy atom. The minimum absolute atomic E-state index is 0.0454. The maximum Gasteiger partial charge on any atom is 0.308 e. The summed E-state index contributed by atoms with van der Waals surface area (Å²) in [6.07, 6.45) is 1.44. The van der Waals surface area contributed by atoms with Gasteiger partial charge in [0.15, 0.2) is 0 Å². The number of aromatic nitrogens is 2. The summed E-state index contributed by atoms with van der Waals surface area (Å²) >= 11 is 0. The fourth-order valence-electron chi connectivity index (χ4n) is 3.42. The van der Waals surface area contributed by atoms with Gasteiger partial charge >= 0.3 is 5.97 Å². The van der Waals surface area contributed by atoms with Gasteiger partial charge < -0.3 is 14.9 Å². The molecule has 1 aromatic carbocycles. The molecule has 2 N–H and O–H groups in total. The minimum atomic E-state index is -3.65. The number of aliphatic hydroxyl groups excluding tert-OH is 2. The van der Waals surface area contributed by atoms with Crippen LogP contribution < -0.4 is 4.31 Å². The van der Waals surface area contributed by atoms with Gasteiger partial charge in [-0.1, -0.05) is 26.0 Å². The number of hydrogen-bond acceptors (Lipinski definition) is 8. The number of carbonyl (C=O) groups excluding carboxylic acids is 1. The fourth-order valence-corrected chi connectivity index (χ4v) is 3.80. The Morgan fingerprint density at radius 3 is 2.27 bits per heavy atom. The van der Waals surface area contributed by atoms with Gasteiger partial charge in [-0.15, -0.1) is 0 Å². The molecule has 0 saturated heterocycles. The smallest absolute Gasteiger partial charge is 0.308 e. The number of carbonyl (C=O) groups is 1. The number of ether oxygens (including phenoxy) is 1. The van der Waals surface area contributed by atoms with E-state index in [1.807, 2.05) is 13.8 Å². The van der Waals surface area contributed by atoms with E-state index in [1.165, 1.54) is 37.4 Å². The Labute approximate surface area is 218 Å². The molecule has 1 aromatic heterocycles. The van der Waals surface area contributed by atoms with E-state index in [4.69, 9.17) is 4.74 Å². The van der Waals surface area contributed by atoms with Crippen molar-refractivity contribution < 1.29 is 32.6 Å². The number of benzene rings is 1. The van der Waals surface area contributed by atoms with Gasteiger partial charge in [0.2, 0.25) is 16.0 Å². The van der Waals surface area contributed by atoms with Crippen LogP contribution in [-0.2, 0) is 19.6 Å². The number of aliphatic hydroxyl groups is 2. The number of esters is 1. The summed E-state index contributed by atoms with van der Waals surface area (Å²) in [5, 5.41) is 20.8. The second kappa shape index (κ2) is 12.1. The lowest BCUT2D eigenvalue weighted by Crippen LogP contribution is -2.28. The molecule has 2 atom stereocenters. The molecule has 0 fully saturated rings. The summed E-state index contributed by atoms with van der Waals surface area (Å²) in [5.41, 5.74) is 1.21. The van der Waals surface area contributed by atoms with Crippen LogP contribution in [0.2, 0.25) is 0 Å². The van der Waals surface area contributed by atoms with Crippen LogP contribution in [0.4, 0.5) is 10.3 Å². The number of sulfonamides is 1. The highest BCUT2D eigenvalue weighted by molar-refractivity contribution is 7.92. The summed E-state index contributed by atoms with van der Waals surface area (Å²) < 4.78 is 44.1. The van der Waals surface area contributed by atoms with Crippen LogP contribution in [0, 0.1) is 5.82 Å². The Kier molecular flexibility index (Phi) is 9.92. The molecule has 0 bridgehead atoms. The number of nitrogens with zero attached hydrogens (tertiary/aromatic N) is 3. The van der Waals surface area contributed by atoms with Gasteiger partial charge in [0.05, 0.1) is 36.3 Å². The van der Waals surface area contributed by atoms with Crippen molar-refractivity contribution in [3.05, 3.63) is 47.4 Å². The van der Waals surface area contributed by atoms with Crippen LogP contribution in [0.15, 0.2) is 30.3 Å². The molecular formula is C26H36FN3O6S. The molecule has 0 aliphatic heterocycles. The standard InChI is InChI=1S/C26H36FN3O6S/c1-16(2)23-21(13-12-19(31)14-20(32)15-22(33)36-26(3,4)5)24(17-8-10-18(27)11-9-17)29-25(28-23)30(6)37(7,34)35/h8-13,16,19-20,31-32H,14-15H2,1-7H3/b13-12-/t19-,20-/m1/s1. The summed E-state index contributed by atoms with van der Waals surface area (Å²) in [5.74, 6) is -1.22. The number of anilines is 1. The molecule has 0 radical (unpaired) electrons. The lowest BCUT2D eigenvalue weighted by Gasteiger charge is -2.21. The summed E-state index contributed by atoms with van der Waals surface area (Å²) in [7, 11) is -2.31. The number of rotatable bonds is 10. The third-order valence-electron chi connectivity index (χ3n) is 5.23. The molecule has 1 heterocycles. The Hall–Kier alpha value is -2.89. The molecule has 9 nitrogen and oxygen atoms in total. The van der Waals surface area contributed by atoms with Crippen LogP contribution in [-0.4, -0.2) is 65.7 Å². The highest BCUT2D eigenvalue weighted by Crippen LogP contribution is 2.31. The van der Waals surface area contributed by atoms with Crippen molar-refractivity contribution in [3.8, 4) is 11.3 Å². The second-order valence-electron chi connectivity index (χ2n) is 10.2. The zero-order valence-corrected chi connectivity index (χ0v) is 23.1. The van der Waals surface area contributed by atoms with Crippen LogP contribution in [0.1, 0.15) is 64.6 Å². The SMILES string of the molecule is CC(C)c1nc(N(C)S(C)(=O)=O)nc(-c2ccc(F)cc2)c1/C=C\[C@@H](O)C[C@@H](O)CC(=O)OC(C)(C)C. The average Bonchev–Trinajstić information content (AvgIpc) is 2.75. The normalized spacial score (nSPS) is 14.1. The molecule has 0 unspecified atom stereocenters. The van der Waals surface area contributed by atoms with E-state index in [0.29, 0.717) is 22.5 Å². The molecule has 0 saturated carbocycles. The van der Waals surface area contributed by atoms with Crippen LogP contribution in [0.3, 0.4) is 0 Å². The molecule has 0 aliphatic carbocycles. The fraction of sp³-hybridized carbons (Fsp3) is 0.500. The van der Waals surface area contributed by atoms with E-state index < -0.39 is 39.6 Å². The third-order valence-corrected chi connectivity index (χ3v) is 6.39. The van der Waals surface area contributed by atoms with Crippen molar-refractivity contribution in [2.24, 2.45) is 0 Å². The van der Waals surface area contributed by atoms with Crippen LogP contribution in [0.25, 0.3) is 17.3 Å². The van der Waals surface area contributed by atoms with Crippen molar-refractivity contribution in [1.29, 1.82) is 0 Å². The monoisotopic (exact) mass is 537 g/mol. The van der Waals surface area contributed by atoms with E-state index in [0.717, 1.165) is 10.6 Å². The molecule has 0 amide bonds. The summed E-state index contributed by atoms with van der Waals surface area (Å²) in [6.45, 7) is 8.92. The van der Waals surface area contributed by atoms with E-state index in [2.05, 4.69) is 9.97 Å². The number of halogens is 1. The zero-order valence-electron chi connectivity index (χ0n) is 22.3. The zero-order chi connectivity index (χ0) is 28.1. The molecule has 37 heavy (non-hydrogen) atoms. The first kappa shape index (κ1) is 30.3. The van der Waals surface area contributed by atoms with Gasteiger partial charge in [0.25, 0.3) is 0 Å². The topological polar surface area (TPSA) is 130 Å². The Balaban J connectivity index is 2.45. The van der Waals surface area contributed by atoms with E-state index in [9.17, 15) is 27.8 Å². The molecule has 2 aromatic rings. The van der Waals surface area contributed by atoms with E-state index in [1.54, 1.807) is 26.8 Å². The summed E-state index contributed by atoms with van der Waals surface area (Å²) in [6, 6.07) is 5.57. The minimum Gasteiger partial charge on any atom is -0.460 e. The molecule has 0 aliphatic rings. The molecule has 2 rings (SSSR count). The van der Waals surface area contributed by atoms with Gasteiger partial charge in [0.1, 0.15) is 11.4 Å². The highest BCUT2D eigenvalue weighted by atomic mass is 32.2. The van der Waals surface area contributed by atoms with Gasteiger partial charge in [-0.05, 0) is 51.0 Å². The van der Waals surface area contributed by atoms with Gasteiger partial charge in [-0.3, -0.25) is 4.79 Å². The predicted molar refractivity (Wildman–Crippen MR) is 141 cm³/mol. The van der Waals surface area contributed by atoms with Gasteiger partial charge in [-0.25, -0.2) is 27.1 Å². The Bertz CT molecular complexity index is 1220. The first-order chi connectivity index (χ1) is 17.0. The van der Waals surface area contributed by atoms with Crippen molar-refractivity contribution in [2.75, 3.05) is 17.6 Å². The third kappa shape index (κ3) is 9.17. The van der Waals surface area contributed by atoms with Gasteiger partial charge in [0, 0.05) is 24.6 Å². The van der Waals surface area contributed by atoms with Crippen molar-refractivity contribution in [3.63, 3.8) is 0 Å². The van der Waals surface area contributed by atoms with E-state index >= 15 is 0 Å². The van der Waals surface area contributed by atoms with Crippen LogP contribution in [0.5, 0.6) is 0 Å². The quantitative estimate of drug-likeness (QED) is 0.439. The summed E-state index contributed by atoms with van der Waals surface area (Å²) in [4.78, 5) is 20.9. The Morgan fingerprint density at radius 2 is 1.76 bits per heavy atom. The first-order valence-electron chi connectivity index (χ1n) is 11.9. The molecular weight excluding hydrogens is 501 g/mol. The molecule has 204 valence electrons. The molecule has 11 heteroatoms. The first-order valence-corrected chi connectivity index (χ1v) is 13.7. The average molecular weight is 538 g/mol. The van der Waals surface area contributed by atoms with Crippen molar-refractivity contribution in [1.82, 2.24) is 9.97 Å². The van der Waals surface area contributed by atoms with E-state index in [-0.39, 0.29) is 24.7 Å². The highest BCUT2D eigenvalue weighted by Gasteiger charge is 2.23. The molecule has 0 spiro atoms. The van der Waals surface area contributed by atoms with Gasteiger partial charge in [-0.2, -0.15) is 0 Å². The second-order valence-corrected chi connectivity index (χ2v) is 12.2.